The summed E-state index contributed by atoms with van der Waals surface area (Å²) < 4.78 is 18.7. The van der Waals surface area contributed by atoms with Crippen molar-refractivity contribution in [1.29, 1.82) is 0 Å². The second-order valence-electron chi connectivity index (χ2n) is 11.6. The Morgan fingerprint density at radius 2 is 1.46 bits per heavy atom. The second kappa shape index (κ2) is 13.0. The van der Waals surface area contributed by atoms with Gasteiger partial charge in [-0.3, -0.25) is 0 Å². The van der Waals surface area contributed by atoms with Crippen LogP contribution in [-0.4, -0.2) is 42.4 Å². The number of nitrogens with one attached hydrogen (secondary N) is 1. The lowest BCUT2D eigenvalue weighted by Crippen LogP contribution is -2.51. The largest absolute Gasteiger partial charge is 0.408 e. The molecule has 2 rings (SSSR count). The number of hydrogen-bond donors (Lipinski definition) is 1. The van der Waals surface area contributed by atoms with Gasteiger partial charge in [0, 0.05) is 13.7 Å². The summed E-state index contributed by atoms with van der Waals surface area (Å²) in [6.07, 6.45) is -0.612. The van der Waals surface area contributed by atoms with Crippen LogP contribution in [0.4, 0.5) is 0 Å². The van der Waals surface area contributed by atoms with Gasteiger partial charge in [0.05, 0.1) is 12.1 Å². The fourth-order valence-electron chi connectivity index (χ4n) is 3.35. The third-order valence-corrected chi connectivity index (χ3v) is 11.7. The fourth-order valence-corrected chi connectivity index (χ4v) is 5.20. The normalized spacial score (nSPS) is 15.1. The van der Waals surface area contributed by atoms with E-state index in [1.54, 1.807) is 7.11 Å². The van der Waals surface area contributed by atoms with Crippen molar-refractivity contribution >= 4 is 16.4 Å². The van der Waals surface area contributed by atoms with Gasteiger partial charge in [-0.05, 0) is 29.3 Å². The first kappa shape index (κ1) is 29.5. The number of methoxy groups -OCH3 is 1. The highest BCUT2D eigenvalue weighted by Crippen LogP contribution is 2.41. The third kappa shape index (κ3) is 9.68. The molecule has 6 heteroatoms. The standard InChI is InChI=1S/C29H45NO3Si2/c1-29(2,3)35(8,9)33-28(25-18-14-11-15-19-25)27(30-22-24-16-12-10-13-17-24)26(32-23-31-4)20-21-34(5,6)7/h10-19,26-28,30H,22-23H2,1-9H3/t26-,27-,28+/m1/s1. The van der Waals surface area contributed by atoms with Crippen molar-refractivity contribution in [2.24, 2.45) is 0 Å². The molecule has 0 bridgehead atoms. The maximum absolute atomic E-state index is 7.13. The van der Waals surface area contributed by atoms with Crippen molar-refractivity contribution in [2.75, 3.05) is 13.9 Å². The molecule has 0 fully saturated rings. The summed E-state index contributed by atoms with van der Waals surface area (Å²) in [5.41, 5.74) is 5.87. The number of benzene rings is 2. The minimum absolute atomic E-state index is 0.0664. The molecule has 0 unspecified atom stereocenters. The maximum Gasteiger partial charge on any atom is 0.192 e. The summed E-state index contributed by atoms with van der Waals surface area (Å²) in [7, 11) is -2.10. The summed E-state index contributed by atoms with van der Waals surface area (Å²) >= 11 is 0. The molecule has 0 saturated heterocycles. The topological polar surface area (TPSA) is 39.7 Å². The van der Waals surface area contributed by atoms with Crippen LogP contribution in [0.25, 0.3) is 0 Å². The monoisotopic (exact) mass is 511 g/mol. The predicted molar refractivity (Wildman–Crippen MR) is 152 cm³/mol. The first-order chi connectivity index (χ1) is 16.3. The van der Waals surface area contributed by atoms with Crippen molar-refractivity contribution in [1.82, 2.24) is 5.32 Å². The van der Waals surface area contributed by atoms with Gasteiger partial charge in [0.1, 0.15) is 21.0 Å². The lowest BCUT2D eigenvalue weighted by Gasteiger charge is -2.43. The zero-order chi connectivity index (χ0) is 26.1. The van der Waals surface area contributed by atoms with E-state index in [0.29, 0.717) is 6.54 Å². The first-order valence-electron chi connectivity index (χ1n) is 12.5. The quantitative estimate of drug-likeness (QED) is 0.205. The van der Waals surface area contributed by atoms with E-state index in [0.717, 1.165) is 5.56 Å². The van der Waals surface area contributed by atoms with Crippen LogP contribution >= 0.6 is 0 Å². The van der Waals surface area contributed by atoms with Gasteiger partial charge < -0.3 is 19.2 Å². The second-order valence-corrected chi connectivity index (χ2v) is 21.1. The van der Waals surface area contributed by atoms with Crippen molar-refractivity contribution in [2.45, 2.75) is 83.3 Å². The minimum atomic E-state index is -2.12. The van der Waals surface area contributed by atoms with Crippen LogP contribution in [0.3, 0.4) is 0 Å². The maximum atomic E-state index is 7.13. The Morgan fingerprint density at radius 1 is 0.886 bits per heavy atom. The van der Waals surface area contributed by atoms with E-state index in [1.165, 1.54) is 5.56 Å². The molecule has 0 saturated carbocycles. The Morgan fingerprint density at radius 3 is 1.97 bits per heavy atom. The van der Waals surface area contributed by atoms with Crippen LogP contribution in [0.15, 0.2) is 60.7 Å². The highest BCUT2D eigenvalue weighted by Gasteiger charge is 2.43. The van der Waals surface area contributed by atoms with Crippen LogP contribution in [0.2, 0.25) is 37.8 Å². The summed E-state index contributed by atoms with van der Waals surface area (Å²) in [6, 6.07) is 20.7. The van der Waals surface area contributed by atoms with Gasteiger partial charge in [-0.25, -0.2) is 0 Å². The van der Waals surface area contributed by atoms with Crippen LogP contribution in [0.5, 0.6) is 0 Å². The van der Waals surface area contributed by atoms with Gasteiger partial charge in [-0.15, -0.1) is 5.54 Å². The molecule has 2 aromatic rings. The molecule has 0 radical (unpaired) electrons. The summed E-state index contributed by atoms with van der Waals surface area (Å²) in [6.45, 7) is 19.0. The van der Waals surface area contributed by atoms with Crippen molar-refractivity contribution in [3.8, 4) is 11.5 Å². The number of ether oxygens (including phenoxy) is 2. The highest BCUT2D eigenvalue weighted by atomic mass is 28.4. The zero-order valence-corrected chi connectivity index (χ0v) is 25.1. The van der Waals surface area contributed by atoms with Crippen LogP contribution < -0.4 is 5.32 Å². The fraction of sp³-hybridized carbons (Fsp3) is 0.517. The van der Waals surface area contributed by atoms with Crippen LogP contribution in [0.1, 0.15) is 38.0 Å². The average molecular weight is 512 g/mol. The summed E-state index contributed by atoms with van der Waals surface area (Å²) in [5.74, 6) is 3.49. The molecule has 0 aliphatic rings. The van der Waals surface area contributed by atoms with Gasteiger partial charge in [-0.1, -0.05) is 107 Å². The molecule has 35 heavy (non-hydrogen) atoms. The highest BCUT2D eigenvalue weighted by molar-refractivity contribution is 6.83. The first-order valence-corrected chi connectivity index (χ1v) is 18.9. The Kier molecular flexibility index (Phi) is 11.0. The average Bonchev–Trinajstić information content (AvgIpc) is 2.79. The Labute approximate surface area is 215 Å². The van der Waals surface area contributed by atoms with Crippen molar-refractivity contribution < 1.29 is 13.9 Å². The van der Waals surface area contributed by atoms with Crippen molar-refractivity contribution in [3.05, 3.63) is 71.8 Å². The number of rotatable bonds is 11. The zero-order valence-electron chi connectivity index (χ0n) is 23.1. The predicted octanol–water partition coefficient (Wildman–Crippen LogP) is 6.78. The van der Waals surface area contributed by atoms with E-state index < -0.39 is 16.4 Å². The molecule has 0 aromatic heterocycles. The molecule has 2 aromatic carbocycles. The van der Waals surface area contributed by atoms with Gasteiger partial charge >= 0.3 is 0 Å². The van der Waals surface area contributed by atoms with E-state index in [2.05, 4.69) is 119 Å². The lowest BCUT2D eigenvalue weighted by atomic mass is 9.97. The SMILES string of the molecule is COCO[C@H](C#C[Si](C)(C)C)[C@@H](NCc1ccccc1)[C@@H](O[Si](C)(C)C(C)(C)C)c1ccccc1. The van der Waals surface area contributed by atoms with Crippen molar-refractivity contribution in [3.63, 3.8) is 0 Å². The van der Waals surface area contributed by atoms with E-state index in [9.17, 15) is 0 Å². The Bertz CT molecular complexity index is 941. The molecule has 0 heterocycles. The molecular formula is C29H45NO3Si2. The van der Waals surface area contributed by atoms with E-state index in [1.807, 2.05) is 12.1 Å². The van der Waals surface area contributed by atoms with Crippen LogP contribution in [-0.2, 0) is 20.4 Å². The molecule has 0 amide bonds. The number of hydrogen-bond acceptors (Lipinski definition) is 4. The molecule has 0 aliphatic heterocycles. The Hall–Kier alpha value is -1.73. The third-order valence-electron chi connectivity index (χ3n) is 6.35. The molecule has 0 spiro atoms. The molecular weight excluding hydrogens is 466 g/mol. The molecule has 4 nitrogen and oxygen atoms in total. The molecule has 3 atom stereocenters. The van der Waals surface area contributed by atoms with Gasteiger partial charge in [0.2, 0.25) is 0 Å². The van der Waals surface area contributed by atoms with Gasteiger partial charge in [0.15, 0.2) is 8.32 Å². The van der Waals surface area contributed by atoms with Gasteiger partial charge in [0.25, 0.3) is 0 Å². The summed E-state index contributed by atoms with van der Waals surface area (Å²) in [5, 5.41) is 3.85. The van der Waals surface area contributed by atoms with E-state index >= 15 is 0 Å². The van der Waals surface area contributed by atoms with Crippen LogP contribution in [0, 0.1) is 11.5 Å². The summed E-state index contributed by atoms with van der Waals surface area (Å²) in [4.78, 5) is 0. The molecule has 1 N–H and O–H groups in total. The van der Waals surface area contributed by atoms with E-state index in [4.69, 9.17) is 13.9 Å². The smallest absolute Gasteiger partial charge is 0.192 e. The minimum Gasteiger partial charge on any atom is -0.408 e. The van der Waals surface area contributed by atoms with Gasteiger partial charge in [-0.2, -0.15) is 0 Å². The molecule has 0 aliphatic carbocycles. The van der Waals surface area contributed by atoms with E-state index in [-0.39, 0.29) is 30.1 Å². The molecule has 192 valence electrons. The lowest BCUT2D eigenvalue weighted by molar-refractivity contribution is -0.0761. The Balaban J connectivity index is 2.58.